The summed E-state index contributed by atoms with van der Waals surface area (Å²) in [6, 6.07) is -1.86. The maximum absolute atomic E-state index is 12.4. The lowest BCUT2D eigenvalue weighted by Gasteiger charge is -2.28. The molecule has 0 bridgehead atoms. The molecule has 0 spiro atoms. The number of carbonyl (C=O) groups is 3. The number of carboxylic acid groups (broad SMARTS) is 1. The van der Waals surface area contributed by atoms with E-state index in [9.17, 15) is 19.5 Å². The van der Waals surface area contributed by atoms with Crippen molar-refractivity contribution in [1.29, 1.82) is 0 Å². The van der Waals surface area contributed by atoms with Crippen molar-refractivity contribution >= 4 is 18.0 Å². The van der Waals surface area contributed by atoms with Crippen molar-refractivity contribution in [3.63, 3.8) is 0 Å². The standard InChI is InChI=1S/C16H30N2O5/c1-8-10(4)12(18-15(22)23-16(5,6)7)13(19)17-11(9(2)3)14(20)21/h9-12H,8H2,1-7H3,(H,17,19)(H,18,22)(H,20,21). The summed E-state index contributed by atoms with van der Waals surface area (Å²) in [5.74, 6) is -2.06. The molecule has 0 aromatic heterocycles. The average Bonchev–Trinajstić information content (AvgIpc) is 2.38. The molecule has 0 aliphatic carbocycles. The molecule has 0 saturated carbocycles. The van der Waals surface area contributed by atoms with Crippen molar-refractivity contribution in [2.75, 3.05) is 0 Å². The minimum absolute atomic E-state index is 0.163. The van der Waals surface area contributed by atoms with Crippen molar-refractivity contribution < 1.29 is 24.2 Å². The summed E-state index contributed by atoms with van der Waals surface area (Å²) in [7, 11) is 0. The first kappa shape index (κ1) is 21.2. The molecule has 0 heterocycles. The Balaban J connectivity index is 5.06. The van der Waals surface area contributed by atoms with Gasteiger partial charge < -0.3 is 20.5 Å². The van der Waals surface area contributed by atoms with Crippen LogP contribution in [0, 0.1) is 11.8 Å². The molecule has 0 rings (SSSR count). The van der Waals surface area contributed by atoms with Crippen LogP contribution in [0.5, 0.6) is 0 Å². The third-order valence-corrected chi connectivity index (χ3v) is 3.40. The SMILES string of the molecule is CCC(C)C(NC(=O)OC(C)(C)C)C(=O)NC(C(=O)O)C(C)C. The van der Waals surface area contributed by atoms with Gasteiger partial charge in [0.05, 0.1) is 0 Å². The fourth-order valence-electron chi connectivity index (χ4n) is 1.89. The molecule has 0 aliphatic rings. The summed E-state index contributed by atoms with van der Waals surface area (Å²) in [5, 5.41) is 14.2. The van der Waals surface area contributed by atoms with Crippen LogP contribution in [0.15, 0.2) is 0 Å². The number of alkyl carbamates (subject to hydrolysis) is 1. The molecule has 134 valence electrons. The minimum atomic E-state index is -1.10. The Morgan fingerprint density at radius 2 is 1.57 bits per heavy atom. The summed E-state index contributed by atoms with van der Waals surface area (Å²) in [6.07, 6.45) is -0.0535. The second kappa shape index (κ2) is 8.74. The molecule has 0 fully saturated rings. The van der Waals surface area contributed by atoms with Crippen LogP contribution in [0.25, 0.3) is 0 Å². The van der Waals surface area contributed by atoms with E-state index in [1.807, 2.05) is 13.8 Å². The van der Waals surface area contributed by atoms with Gasteiger partial charge in [0.25, 0.3) is 0 Å². The number of carboxylic acids is 1. The fraction of sp³-hybridized carbons (Fsp3) is 0.812. The van der Waals surface area contributed by atoms with Gasteiger partial charge in [-0.3, -0.25) is 4.79 Å². The molecule has 0 saturated heterocycles. The monoisotopic (exact) mass is 330 g/mol. The summed E-state index contributed by atoms with van der Waals surface area (Å²) in [4.78, 5) is 35.6. The van der Waals surface area contributed by atoms with Gasteiger partial charge in [-0.1, -0.05) is 34.1 Å². The van der Waals surface area contributed by atoms with Gasteiger partial charge in [-0.15, -0.1) is 0 Å². The summed E-state index contributed by atoms with van der Waals surface area (Å²) < 4.78 is 5.17. The van der Waals surface area contributed by atoms with Gasteiger partial charge in [-0.25, -0.2) is 9.59 Å². The molecule has 3 N–H and O–H groups in total. The van der Waals surface area contributed by atoms with Crippen LogP contribution in [0.4, 0.5) is 4.79 Å². The Morgan fingerprint density at radius 3 is 1.91 bits per heavy atom. The van der Waals surface area contributed by atoms with Gasteiger partial charge in [-0.05, 0) is 32.6 Å². The Kier molecular flexibility index (Phi) is 8.06. The predicted molar refractivity (Wildman–Crippen MR) is 87.0 cm³/mol. The van der Waals surface area contributed by atoms with E-state index in [1.165, 1.54) is 0 Å². The predicted octanol–water partition coefficient (Wildman–Crippen LogP) is 2.15. The highest BCUT2D eigenvalue weighted by Crippen LogP contribution is 2.12. The van der Waals surface area contributed by atoms with Crippen molar-refractivity contribution in [1.82, 2.24) is 10.6 Å². The first-order chi connectivity index (χ1) is 10.4. The van der Waals surface area contributed by atoms with Crippen LogP contribution in [0.3, 0.4) is 0 Å². The summed E-state index contributed by atoms with van der Waals surface area (Å²) in [5.41, 5.74) is -0.678. The van der Waals surface area contributed by atoms with Crippen molar-refractivity contribution in [2.24, 2.45) is 11.8 Å². The smallest absolute Gasteiger partial charge is 0.408 e. The first-order valence-electron chi connectivity index (χ1n) is 7.91. The minimum Gasteiger partial charge on any atom is -0.480 e. The van der Waals surface area contributed by atoms with Gasteiger partial charge in [0, 0.05) is 0 Å². The molecule has 7 nitrogen and oxygen atoms in total. The zero-order valence-corrected chi connectivity index (χ0v) is 15.1. The molecule has 0 aromatic carbocycles. The fourth-order valence-corrected chi connectivity index (χ4v) is 1.89. The zero-order chi connectivity index (χ0) is 18.4. The number of rotatable bonds is 7. The Morgan fingerprint density at radius 1 is 1.04 bits per heavy atom. The van der Waals surface area contributed by atoms with Gasteiger partial charge in [0.2, 0.25) is 5.91 Å². The lowest BCUT2D eigenvalue weighted by atomic mass is 9.97. The highest BCUT2D eigenvalue weighted by molar-refractivity contribution is 5.89. The van der Waals surface area contributed by atoms with Gasteiger partial charge in [0.15, 0.2) is 0 Å². The van der Waals surface area contributed by atoms with Crippen LogP contribution in [-0.2, 0) is 14.3 Å². The number of amides is 2. The molecule has 0 aliphatic heterocycles. The van der Waals surface area contributed by atoms with Crippen molar-refractivity contribution in [3.8, 4) is 0 Å². The molecule has 7 heteroatoms. The molecule has 0 radical (unpaired) electrons. The normalized spacial score (nSPS) is 15.5. The van der Waals surface area contributed by atoms with E-state index < -0.39 is 35.7 Å². The average molecular weight is 330 g/mol. The van der Waals surface area contributed by atoms with E-state index >= 15 is 0 Å². The van der Waals surface area contributed by atoms with Crippen LogP contribution >= 0.6 is 0 Å². The quantitative estimate of drug-likeness (QED) is 0.663. The summed E-state index contributed by atoms with van der Waals surface area (Å²) in [6.45, 7) is 12.3. The number of carbonyl (C=O) groups excluding carboxylic acids is 2. The second-order valence-electron chi connectivity index (χ2n) is 7.08. The van der Waals surface area contributed by atoms with E-state index in [0.29, 0.717) is 6.42 Å². The second-order valence-corrected chi connectivity index (χ2v) is 7.08. The third-order valence-electron chi connectivity index (χ3n) is 3.40. The van der Waals surface area contributed by atoms with Crippen molar-refractivity contribution in [2.45, 2.75) is 72.6 Å². The van der Waals surface area contributed by atoms with Crippen molar-refractivity contribution in [3.05, 3.63) is 0 Å². The molecule has 3 atom stereocenters. The van der Waals surface area contributed by atoms with Gasteiger partial charge in [-0.2, -0.15) is 0 Å². The number of hydrogen-bond acceptors (Lipinski definition) is 4. The molecule has 0 aromatic rings. The third kappa shape index (κ3) is 7.85. The van der Waals surface area contributed by atoms with Crippen LogP contribution < -0.4 is 10.6 Å². The molecule has 3 unspecified atom stereocenters. The van der Waals surface area contributed by atoms with Crippen LogP contribution in [0.1, 0.15) is 54.9 Å². The Hall–Kier alpha value is -1.79. The lowest BCUT2D eigenvalue weighted by Crippen LogP contribution is -2.55. The van der Waals surface area contributed by atoms with E-state index in [2.05, 4.69) is 10.6 Å². The summed E-state index contributed by atoms with van der Waals surface area (Å²) >= 11 is 0. The number of ether oxygens (including phenoxy) is 1. The zero-order valence-electron chi connectivity index (χ0n) is 15.1. The Bertz CT molecular complexity index is 429. The highest BCUT2D eigenvalue weighted by atomic mass is 16.6. The molecular formula is C16H30N2O5. The topological polar surface area (TPSA) is 105 Å². The van der Waals surface area contributed by atoms with E-state index in [1.54, 1.807) is 34.6 Å². The first-order valence-corrected chi connectivity index (χ1v) is 7.91. The highest BCUT2D eigenvalue weighted by Gasteiger charge is 2.32. The number of nitrogens with one attached hydrogen (secondary N) is 2. The maximum atomic E-state index is 12.4. The molecule has 23 heavy (non-hydrogen) atoms. The lowest BCUT2D eigenvalue weighted by molar-refractivity contribution is -0.143. The number of aliphatic carboxylic acids is 1. The largest absolute Gasteiger partial charge is 0.480 e. The maximum Gasteiger partial charge on any atom is 0.408 e. The van der Waals surface area contributed by atoms with Gasteiger partial charge in [0.1, 0.15) is 17.7 Å². The van der Waals surface area contributed by atoms with E-state index in [-0.39, 0.29) is 11.8 Å². The van der Waals surface area contributed by atoms with Gasteiger partial charge >= 0.3 is 12.1 Å². The number of hydrogen-bond donors (Lipinski definition) is 3. The Labute approximate surface area is 138 Å². The van der Waals surface area contributed by atoms with Crippen LogP contribution in [0.2, 0.25) is 0 Å². The van der Waals surface area contributed by atoms with Crippen LogP contribution in [-0.4, -0.2) is 40.8 Å². The molecular weight excluding hydrogens is 300 g/mol. The van der Waals surface area contributed by atoms with E-state index in [0.717, 1.165) is 0 Å². The molecule has 2 amide bonds. The van der Waals surface area contributed by atoms with E-state index in [4.69, 9.17) is 4.74 Å².